The van der Waals surface area contributed by atoms with Crippen molar-refractivity contribution in [1.82, 2.24) is 10.3 Å². The number of nitrogens with one attached hydrogen (secondary N) is 1. The summed E-state index contributed by atoms with van der Waals surface area (Å²) in [5, 5.41) is 3.19. The predicted octanol–water partition coefficient (Wildman–Crippen LogP) is 4.90. The number of fused-ring (bicyclic) bond motifs is 1. The van der Waals surface area contributed by atoms with Gasteiger partial charge in [0.05, 0.1) is 35.4 Å². The van der Waals surface area contributed by atoms with E-state index < -0.39 is 0 Å². The molecule has 0 saturated heterocycles. The molecule has 31 heavy (non-hydrogen) atoms. The van der Waals surface area contributed by atoms with E-state index in [0.29, 0.717) is 30.3 Å². The molecule has 1 aliphatic heterocycles. The van der Waals surface area contributed by atoms with Crippen LogP contribution in [0.25, 0.3) is 16.0 Å². The molecule has 6 nitrogen and oxygen atoms in total. The van der Waals surface area contributed by atoms with E-state index in [1.807, 2.05) is 51.1 Å². The van der Waals surface area contributed by atoms with Crippen LogP contribution in [0, 0.1) is 0 Å². The first kappa shape index (κ1) is 22.6. The zero-order valence-electron chi connectivity index (χ0n) is 18.5. The largest absolute Gasteiger partial charge is 0.498 e. The van der Waals surface area contributed by atoms with Gasteiger partial charge in [0, 0.05) is 37.8 Å². The number of carbonyl (C=O) groups excluding carboxylic acids is 1. The van der Waals surface area contributed by atoms with Crippen molar-refractivity contribution in [2.75, 3.05) is 32.2 Å². The molecule has 1 unspecified atom stereocenters. The number of aromatic nitrogens is 1. The van der Waals surface area contributed by atoms with Gasteiger partial charge in [-0.05, 0) is 19.9 Å². The summed E-state index contributed by atoms with van der Waals surface area (Å²) in [5.41, 5.74) is 3.37. The molecule has 164 valence electrons. The molecular formula is C24H29N3O3S. The summed E-state index contributed by atoms with van der Waals surface area (Å²) in [6.07, 6.45) is 7.93. The van der Waals surface area contributed by atoms with Crippen LogP contribution in [-0.4, -0.2) is 44.2 Å². The van der Waals surface area contributed by atoms with Gasteiger partial charge in [0.2, 0.25) is 0 Å². The molecule has 7 heteroatoms. The molecule has 0 fully saturated rings. The zero-order valence-corrected chi connectivity index (χ0v) is 19.3. The van der Waals surface area contributed by atoms with Gasteiger partial charge in [-0.3, -0.25) is 9.78 Å². The van der Waals surface area contributed by atoms with E-state index in [0.717, 1.165) is 32.8 Å². The molecule has 0 radical (unpaired) electrons. The Balaban J connectivity index is 2.02. The fourth-order valence-electron chi connectivity index (χ4n) is 3.61. The molecule has 3 heterocycles. The number of amides is 1. The van der Waals surface area contributed by atoms with Gasteiger partial charge in [-0.25, -0.2) is 0 Å². The Bertz CT molecular complexity index is 1070. The highest BCUT2D eigenvalue weighted by Crippen LogP contribution is 2.40. The Morgan fingerprint density at radius 1 is 1.48 bits per heavy atom. The fourth-order valence-corrected chi connectivity index (χ4v) is 4.88. The zero-order chi connectivity index (χ0) is 22.5. The highest BCUT2D eigenvalue weighted by Gasteiger charge is 2.27. The lowest BCUT2D eigenvalue weighted by atomic mass is 10.00. The standard InChI is InChI=1S/C24H29N3O3S/c1-7-9-10-17-15(3)30-14-12-19(17)26-24(28)23-21(27(5)6)20-22(31-23)18(11-13-25-20)16(4)29-8-2/h7,9-11,13,19H,1,4,8,12,14H2,2-3,5-6H3,(H,26,28)/b10-9-. The monoisotopic (exact) mass is 439 g/mol. The van der Waals surface area contributed by atoms with E-state index >= 15 is 0 Å². The van der Waals surface area contributed by atoms with Gasteiger partial charge < -0.3 is 19.7 Å². The van der Waals surface area contributed by atoms with Gasteiger partial charge in [-0.2, -0.15) is 0 Å². The Hall–Kier alpha value is -3.06. The Labute approximate surface area is 187 Å². The first-order valence-electron chi connectivity index (χ1n) is 10.2. The van der Waals surface area contributed by atoms with Gasteiger partial charge in [-0.1, -0.05) is 31.4 Å². The van der Waals surface area contributed by atoms with E-state index in [1.54, 1.807) is 12.3 Å². The van der Waals surface area contributed by atoms with Crippen molar-refractivity contribution in [3.05, 3.63) is 65.4 Å². The number of hydrogen-bond donors (Lipinski definition) is 1. The van der Waals surface area contributed by atoms with Crippen LogP contribution in [0.3, 0.4) is 0 Å². The van der Waals surface area contributed by atoms with Crippen molar-refractivity contribution in [3.63, 3.8) is 0 Å². The minimum atomic E-state index is -0.136. The molecule has 0 spiro atoms. The van der Waals surface area contributed by atoms with Crippen LogP contribution in [0.5, 0.6) is 0 Å². The van der Waals surface area contributed by atoms with Crippen molar-refractivity contribution in [2.24, 2.45) is 0 Å². The third-order valence-corrected chi connectivity index (χ3v) is 6.24. The van der Waals surface area contributed by atoms with E-state index in [9.17, 15) is 4.79 Å². The first-order chi connectivity index (χ1) is 14.9. The number of ether oxygens (including phenoxy) is 2. The summed E-state index contributed by atoms with van der Waals surface area (Å²) in [6, 6.07) is 1.74. The van der Waals surface area contributed by atoms with Crippen LogP contribution in [0.15, 0.2) is 55.0 Å². The Morgan fingerprint density at radius 2 is 2.26 bits per heavy atom. The van der Waals surface area contributed by atoms with Crippen LogP contribution in [0.4, 0.5) is 5.69 Å². The number of allylic oxidation sites excluding steroid dienone is 3. The SMILES string of the molecule is C=C/C=C\C1=C(C)OCCC1NC(=O)c1sc2c(C(=C)OCC)ccnc2c1N(C)C. The number of rotatable bonds is 8. The predicted molar refractivity (Wildman–Crippen MR) is 128 cm³/mol. The average Bonchev–Trinajstić information content (AvgIpc) is 3.13. The number of anilines is 1. The lowest BCUT2D eigenvalue weighted by Crippen LogP contribution is -2.39. The summed E-state index contributed by atoms with van der Waals surface area (Å²) in [6.45, 7) is 12.7. The summed E-state index contributed by atoms with van der Waals surface area (Å²) in [5.74, 6) is 1.26. The minimum Gasteiger partial charge on any atom is -0.498 e. The van der Waals surface area contributed by atoms with Crippen molar-refractivity contribution in [2.45, 2.75) is 26.3 Å². The second-order valence-corrected chi connectivity index (χ2v) is 8.36. The van der Waals surface area contributed by atoms with Crippen LogP contribution in [0.1, 0.15) is 35.5 Å². The molecule has 1 N–H and O–H groups in total. The second kappa shape index (κ2) is 9.83. The van der Waals surface area contributed by atoms with Crippen molar-refractivity contribution < 1.29 is 14.3 Å². The summed E-state index contributed by atoms with van der Waals surface area (Å²) in [7, 11) is 3.83. The van der Waals surface area contributed by atoms with Crippen LogP contribution < -0.4 is 10.2 Å². The van der Waals surface area contributed by atoms with Gasteiger partial charge in [0.1, 0.15) is 16.2 Å². The van der Waals surface area contributed by atoms with Crippen LogP contribution in [-0.2, 0) is 9.47 Å². The number of thiophene rings is 1. The average molecular weight is 440 g/mol. The quantitative estimate of drug-likeness (QED) is 0.468. The number of hydrogen-bond acceptors (Lipinski definition) is 6. The molecule has 1 amide bonds. The Kier molecular flexibility index (Phi) is 7.17. The fraction of sp³-hybridized carbons (Fsp3) is 0.333. The maximum Gasteiger partial charge on any atom is 0.264 e. The van der Waals surface area contributed by atoms with E-state index in [-0.39, 0.29) is 11.9 Å². The summed E-state index contributed by atoms with van der Waals surface area (Å²) < 4.78 is 12.2. The van der Waals surface area contributed by atoms with Crippen molar-refractivity contribution in [1.29, 1.82) is 0 Å². The van der Waals surface area contributed by atoms with E-state index in [4.69, 9.17) is 9.47 Å². The molecule has 0 aliphatic carbocycles. The lowest BCUT2D eigenvalue weighted by Gasteiger charge is -2.27. The summed E-state index contributed by atoms with van der Waals surface area (Å²) >= 11 is 1.41. The normalized spacial score (nSPS) is 16.3. The maximum atomic E-state index is 13.4. The summed E-state index contributed by atoms with van der Waals surface area (Å²) in [4.78, 5) is 20.5. The van der Waals surface area contributed by atoms with Gasteiger partial charge in [0.25, 0.3) is 5.91 Å². The highest BCUT2D eigenvalue weighted by atomic mass is 32.1. The maximum absolute atomic E-state index is 13.4. The highest BCUT2D eigenvalue weighted by molar-refractivity contribution is 7.21. The van der Waals surface area contributed by atoms with Crippen LogP contribution >= 0.6 is 11.3 Å². The van der Waals surface area contributed by atoms with Crippen molar-refractivity contribution >= 4 is 38.9 Å². The van der Waals surface area contributed by atoms with Gasteiger partial charge in [-0.15, -0.1) is 11.3 Å². The molecule has 0 saturated carbocycles. The molecule has 0 aromatic carbocycles. The molecule has 0 bridgehead atoms. The van der Waals surface area contributed by atoms with Crippen LogP contribution in [0.2, 0.25) is 0 Å². The smallest absolute Gasteiger partial charge is 0.264 e. The third-order valence-electron chi connectivity index (χ3n) is 5.04. The Morgan fingerprint density at radius 3 is 2.94 bits per heavy atom. The number of carbonyl (C=O) groups is 1. The molecule has 1 aliphatic rings. The second-order valence-electron chi connectivity index (χ2n) is 7.34. The molecular weight excluding hydrogens is 410 g/mol. The first-order valence-corrected chi connectivity index (χ1v) is 11.0. The number of pyridine rings is 1. The van der Waals surface area contributed by atoms with E-state index in [2.05, 4.69) is 23.5 Å². The van der Waals surface area contributed by atoms with E-state index in [1.165, 1.54) is 11.3 Å². The topological polar surface area (TPSA) is 63.7 Å². The van der Waals surface area contributed by atoms with Gasteiger partial charge >= 0.3 is 0 Å². The molecule has 1 atom stereocenters. The molecule has 3 rings (SSSR count). The lowest BCUT2D eigenvalue weighted by molar-refractivity contribution is 0.0929. The van der Waals surface area contributed by atoms with Crippen molar-refractivity contribution in [3.8, 4) is 0 Å². The minimum absolute atomic E-state index is 0.135. The van der Waals surface area contributed by atoms with Gasteiger partial charge in [0.15, 0.2) is 0 Å². The third kappa shape index (κ3) is 4.66. The molecule has 2 aromatic rings. The number of nitrogens with zero attached hydrogens (tertiary/aromatic N) is 2. The molecule has 2 aromatic heterocycles.